The molecule has 0 aromatic heterocycles. The van der Waals surface area contributed by atoms with Crippen LogP contribution in [0, 0.1) is 10.2 Å². The van der Waals surface area contributed by atoms with Crippen LogP contribution in [0.3, 0.4) is 0 Å². The van der Waals surface area contributed by atoms with Crippen molar-refractivity contribution < 1.29 is 114 Å². The first-order chi connectivity index (χ1) is 34.6. The fourth-order valence-electron chi connectivity index (χ4n) is 7.66. The second kappa shape index (κ2) is 31.9. The summed E-state index contributed by atoms with van der Waals surface area (Å²) in [4.78, 5) is 3.81. The molecular formula is C56H53ClO6P4Tc4. The van der Waals surface area contributed by atoms with Gasteiger partial charge in [0.2, 0.25) is 0 Å². The first-order valence-electron chi connectivity index (χ1n) is 22.4. The minimum atomic E-state index is -4.69. The van der Waals surface area contributed by atoms with Crippen LogP contribution >= 0.6 is 31.7 Å². The number of rotatable bonds is 20. The van der Waals surface area contributed by atoms with E-state index in [0.717, 1.165) is 19.7 Å². The normalized spacial score (nSPS) is 13.1. The standard InChI is InChI=1S/2C28H26OP2.ClHO4.4Tc/c2*1-23(30(25-15-7-3-8-16-25)26-17-9-4-10-18-26)29-24(2)31(27-19-11-5-12-20-27)28-21-13-6-14-22-28;2-1(3,4)5;;;;/h2*3-24H,1-2H2;(H,2,3,4,5);;;;. The van der Waals surface area contributed by atoms with Crippen molar-refractivity contribution in [2.24, 2.45) is 0 Å². The van der Waals surface area contributed by atoms with Crippen LogP contribution in [0.15, 0.2) is 243 Å². The van der Waals surface area contributed by atoms with Crippen molar-refractivity contribution in [1.82, 2.24) is 0 Å². The Hall–Kier alpha value is -1.87. The molecule has 0 heterocycles. The van der Waals surface area contributed by atoms with E-state index in [1.54, 1.807) is 0 Å². The predicted octanol–water partition coefficient (Wildman–Crippen LogP) is 7.58. The molecule has 8 aromatic rings. The SMILES string of the molecule is [O-][Cl+3]([O-])([O-])O.[Tc][CH2]C(OC([CH2][Tc])P(c1ccccc1)c1ccccc1)P(c1ccccc1)c1ccccc1.[Tc][CH2]C(OC([CH2][Tc])P(c1ccccc1)c1ccccc1)P(c1ccccc1)c1ccccc1. The average Bonchev–Trinajstić information content (AvgIpc) is 3.42. The summed E-state index contributed by atoms with van der Waals surface area (Å²) in [5.41, 5.74) is 0. The van der Waals surface area contributed by atoms with Crippen LogP contribution in [0.1, 0.15) is 0 Å². The molecule has 6 nitrogen and oxygen atoms in total. The third-order valence-corrected chi connectivity index (χ3v) is 26.1. The van der Waals surface area contributed by atoms with Gasteiger partial charge in [0.15, 0.2) is 0 Å². The molecule has 15 heteroatoms. The van der Waals surface area contributed by atoms with Crippen LogP contribution in [0.4, 0.5) is 0 Å². The molecule has 0 fully saturated rings. The predicted molar refractivity (Wildman–Crippen MR) is 275 cm³/mol. The van der Waals surface area contributed by atoms with Crippen molar-refractivity contribution in [3.63, 3.8) is 0 Å². The van der Waals surface area contributed by atoms with Gasteiger partial charge in [-0.3, -0.25) is 0 Å². The van der Waals surface area contributed by atoms with Crippen molar-refractivity contribution in [1.29, 1.82) is 0 Å². The van der Waals surface area contributed by atoms with Crippen molar-refractivity contribution in [2.75, 3.05) is 0 Å². The molecule has 0 aliphatic rings. The van der Waals surface area contributed by atoms with Gasteiger partial charge in [-0.05, 0) is 0 Å². The maximum atomic E-state index is 8.60. The van der Waals surface area contributed by atoms with Gasteiger partial charge in [-0.25, -0.2) is 0 Å². The molecule has 4 unspecified atom stereocenters. The fourth-order valence-corrected chi connectivity index (χ4v) is 22.1. The van der Waals surface area contributed by atoms with Gasteiger partial charge in [0.1, 0.15) is 0 Å². The zero-order chi connectivity index (χ0) is 50.3. The van der Waals surface area contributed by atoms with Crippen molar-refractivity contribution >= 4 is 74.1 Å². The number of hydrogen-bond acceptors (Lipinski definition) is 6. The molecule has 1 N–H and O–H groups in total. The van der Waals surface area contributed by atoms with Crippen molar-refractivity contribution in [3.8, 4) is 0 Å². The molecule has 0 amide bonds. The second-order valence-electron chi connectivity index (χ2n) is 15.3. The van der Waals surface area contributed by atoms with E-state index in [1.807, 2.05) is 0 Å². The van der Waals surface area contributed by atoms with E-state index in [1.165, 1.54) is 42.4 Å². The molecule has 8 aromatic carbocycles. The summed E-state index contributed by atoms with van der Waals surface area (Å²) in [7, 11) is -7.25. The second-order valence-corrected chi connectivity index (χ2v) is 28.5. The molecule has 4 atom stereocenters. The summed E-state index contributed by atoms with van der Waals surface area (Å²) >= 11 is 10.1. The monoisotopic (exact) mass is 1370 g/mol. The fraction of sp³-hybridized carbons (Fsp3) is 0.143. The Morgan fingerprint density at radius 3 is 0.507 bits per heavy atom. The van der Waals surface area contributed by atoms with Crippen molar-refractivity contribution in [2.45, 2.75) is 43.1 Å². The third-order valence-electron chi connectivity index (χ3n) is 10.6. The number of hydrogen-bond donors (Lipinski definition) is 1. The van der Waals surface area contributed by atoms with E-state index in [0.29, 0.717) is 0 Å². The summed E-state index contributed by atoms with van der Waals surface area (Å²) in [6.45, 7) is 0. The van der Waals surface area contributed by atoms with Gasteiger partial charge in [0, 0.05) is 0 Å². The molecule has 0 aliphatic heterocycles. The Kier molecular flexibility index (Phi) is 26.2. The summed E-state index contributed by atoms with van der Waals surface area (Å²) < 4.78 is 47.0. The van der Waals surface area contributed by atoms with Crippen molar-refractivity contribution in [3.05, 3.63) is 243 Å². The Balaban J connectivity index is 0.000000212. The maximum absolute atomic E-state index is 8.60. The molecule has 0 radical (unpaired) electrons. The van der Waals surface area contributed by atoms with Crippen LogP contribution in [0.5, 0.6) is 0 Å². The Morgan fingerprint density at radius 1 is 0.296 bits per heavy atom. The van der Waals surface area contributed by atoms with Crippen LogP contribution in [0.25, 0.3) is 0 Å². The van der Waals surface area contributed by atoms with E-state index in [9.17, 15) is 0 Å². The molecule has 0 aliphatic carbocycles. The Morgan fingerprint density at radius 2 is 0.408 bits per heavy atom. The van der Waals surface area contributed by atoms with Crippen LogP contribution in [-0.4, -0.2) is 28.0 Å². The summed E-state index contributed by atoms with van der Waals surface area (Å²) in [6.07, 6.45) is 0. The third kappa shape index (κ3) is 18.7. The molecule has 0 saturated carbocycles. The van der Waals surface area contributed by atoms with Gasteiger partial charge in [-0.2, -0.15) is 14.0 Å². The first-order valence-corrected chi connectivity index (χ1v) is 34.5. The average molecular weight is 1370 g/mol. The zero-order valence-corrected chi connectivity index (χ0v) is 50.2. The molecule has 8 rings (SSSR count). The molecular weight excluding hydrogens is 1320 g/mol. The van der Waals surface area contributed by atoms with E-state index in [-0.39, 0.29) is 23.4 Å². The minimum absolute atomic E-state index is 0.141. The van der Waals surface area contributed by atoms with Gasteiger partial charge in [-0.15, -0.1) is 0 Å². The quantitative estimate of drug-likeness (QED) is 0.0790. The van der Waals surface area contributed by atoms with E-state index < -0.39 is 41.9 Å². The van der Waals surface area contributed by atoms with Gasteiger partial charge in [0.25, 0.3) is 0 Å². The summed E-state index contributed by atoms with van der Waals surface area (Å²) in [5, 5.41) is 11.0. The molecule has 71 heavy (non-hydrogen) atoms. The first kappa shape index (κ1) is 58.4. The Labute approximate surface area is 469 Å². The molecule has 0 bridgehead atoms. The number of ether oxygens (including phenoxy) is 2. The van der Waals surface area contributed by atoms with E-state index in [4.69, 9.17) is 28.1 Å². The number of halogens is 1. The molecule has 368 valence electrons. The van der Waals surface area contributed by atoms with E-state index in [2.05, 4.69) is 318 Å². The van der Waals surface area contributed by atoms with Gasteiger partial charge in [-0.1, -0.05) is 0 Å². The molecule has 0 saturated heterocycles. The van der Waals surface area contributed by atoms with Crippen LogP contribution in [-0.2, 0) is 85.1 Å². The summed E-state index contributed by atoms with van der Waals surface area (Å²) in [5.74, 6) is 0.565. The number of benzene rings is 8. The summed E-state index contributed by atoms with van der Waals surface area (Å²) in [6, 6.07) is 87.3. The zero-order valence-electron chi connectivity index (χ0n) is 38.4. The van der Waals surface area contributed by atoms with E-state index >= 15 is 0 Å². The topological polar surface area (TPSA) is 108 Å². The van der Waals surface area contributed by atoms with Crippen LogP contribution < -0.4 is 56.4 Å². The molecule has 0 spiro atoms. The van der Waals surface area contributed by atoms with Gasteiger partial charge in [0.05, 0.1) is 14.9 Å². The van der Waals surface area contributed by atoms with Gasteiger partial charge < -0.3 is 0 Å². The van der Waals surface area contributed by atoms with Crippen LogP contribution in [0.2, 0.25) is 19.7 Å². The van der Waals surface area contributed by atoms with Gasteiger partial charge >= 0.3 is 445 Å². The Bertz CT molecular complexity index is 2120.